The number of rotatable bonds is 7. The van der Waals surface area contributed by atoms with Crippen LogP contribution in [0.3, 0.4) is 0 Å². The third kappa shape index (κ3) is 2.88. The molecule has 0 bridgehead atoms. The Balaban J connectivity index is 2.09. The summed E-state index contributed by atoms with van der Waals surface area (Å²) in [5.74, 6) is 1.34. The van der Waals surface area contributed by atoms with Crippen molar-refractivity contribution < 1.29 is 4.74 Å². The average Bonchev–Trinajstić information content (AvgIpc) is 2.87. The van der Waals surface area contributed by atoms with Crippen molar-refractivity contribution in [3.8, 4) is 0 Å². The molecule has 0 saturated heterocycles. The number of likely N-dealkylation sites (N-methyl/N-ethyl adjacent to an activating group) is 1. The highest BCUT2D eigenvalue weighted by molar-refractivity contribution is 6.17. The van der Waals surface area contributed by atoms with Crippen molar-refractivity contribution in [2.75, 3.05) is 37.1 Å². The quantitative estimate of drug-likeness (QED) is 0.559. The Labute approximate surface area is 111 Å². The van der Waals surface area contributed by atoms with E-state index in [4.69, 9.17) is 16.3 Å². The number of aromatic nitrogens is 4. The molecule has 7 heteroatoms. The smallest absolute Gasteiger partial charge is 0.203 e. The Morgan fingerprint density at radius 1 is 1.44 bits per heavy atom. The fourth-order valence-corrected chi connectivity index (χ4v) is 1.82. The van der Waals surface area contributed by atoms with Gasteiger partial charge in [-0.05, 0) is 6.92 Å². The van der Waals surface area contributed by atoms with Crippen molar-refractivity contribution in [2.24, 2.45) is 0 Å². The molecule has 0 aliphatic heterocycles. The van der Waals surface area contributed by atoms with Crippen molar-refractivity contribution in [3.63, 3.8) is 0 Å². The second kappa shape index (κ2) is 6.51. The summed E-state index contributed by atoms with van der Waals surface area (Å²) in [5, 5.41) is 7.96. The average molecular weight is 270 g/mol. The standard InChI is InChI=1S/C11H16ClN5O/c1-2-16(6-8-18-7-3-12)10-11-15-14-9-17(11)5-4-13-10/h4-5,9H,2-3,6-8H2,1H3. The van der Waals surface area contributed by atoms with Gasteiger partial charge in [0, 0.05) is 31.4 Å². The second-order valence-corrected chi connectivity index (χ2v) is 4.07. The molecule has 0 amide bonds. The lowest BCUT2D eigenvalue weighted by molar-refractivity contribution is 0.155. The van der Waals surface area contributed by atoms with Crippen LogP contribution in [-0.2, 0) is 4.74 Å². The van der Waals surface area contributed by atoms with E-state index in [2.05, 4.69) is 27.0 Å². The lowest BCUT2D eigenvalue weighted by Gasteiger charge is -2.21. The van der Waals surface area contributed by atoms with Gasteiger partial charge in [-0.3, -0.25) is 4.40 Å². The molecule has 18 heavy (non-hydrogen) atoms. The van der Waals surface area contributed by atoms with Crippen molar-refractivity contribution in [1.82, 2.24) is 19.6 Å². The molecule has 2 aromatic rings. The number of halogens is 1. The number of alkyl halides is 1. The zero-order valence-corrected chi connectivity index (χ0v) is 11.0. The molecular weight excluding hydrogens is 254 g/mol. The maximum Gasteiger partial charge on any atom is 0.203 e. The number of nitrogens with zero attached hydrogens (tertiary/aromatic N) is 5. The summed E-state index contributed by atoms with van der Waals surface area (Å²) in [6.07, 6.45) is 5.24. The highest BCUT2D eigenvalue weighted by atomic mass is 35.5. The SMILES string of the molecule is CCN(CCOCCCl)c1nccn2cnnc12. The van der Waals surface area contributed by atoms with Gasteiger partial charge in [-0.15, -0.1) is 21.8 Å². The van der Waals surface area contributed by atoms with E-state index < -0.39 is 0 Å². The molecule has 0 saturated carbocycles. The monoisotopic (exact) mass is 269 g/mol. The molecule has 6 nitrogen and oxygen atoms in total. The molecule has 2 aromatic heterocycles. The minimum Gasteiger partial charge on any atom is -0.378 e. The van der Waals surface area contributed by atoms with E-state index >= 15 is 0 Å². The van der Waals surface area contributed by atoms with Crippen LogP contribution in [0.25, 0.3) is 5.65 Å². The van der Waals surface area contributed by atoms with Crippen LogP contribution in [0.15, 0.2) is 18.7 Å². The van der Waals surface area contributed by atoms with Crippen LogP contribution in [-0.4, -0.2) is 51.8 Å². The molecule has 0 aliphatic rings. The minimum absolute atomic E-state index is 0.518. The normalized spacial score (nSPS) is 11.0. The molecule has 0 atom stereocenters. The van der Waals surface area contributed by atoms with Gasteiger partial charge in [-0.2, -0.15) is 0 Å². The molecule has 0 unspecified atom stereocenters. The fourth-order valence-electron chi connectivity index (χ4n) is 1.71. The first-order chi connectivity index (χ1) is 8.86. The summed E-state index contributed by atoms with van der Waals surface area (Å²) < 4.78 is 7.24. The first-order valence-electron chi connectivity index (χ1n) is 5.89. The van der Waals surface area contributed by atoms with Gasteiger partial charge in [0.05, 0.1) is 13.2 Å². The van der Waals surface area contributed by atoms with E-state index in [-0.39, 0.29) is 0 Å². The lowest BCUT2D eigenvalue weighted by Crippen LogP contribution is -2.28. The van der Waals surface area contributed by atoms with E-state index in [9.17, 15) is 0 Å². The van der Waals surface area contributed by atoms with Gasteiger partial charge in [0.2, 0.25) is 5.65 Å². The predicted octanol–water partition coefficient (Wildman–Crippen LogP) is 1.21. The third-order valence-electron chi connectivity index (χ3n) is 2.61. The number of anilines is 1. The van der Waals surface area contributed by atoms with E-state index in [1.54, 1.807) is 12.5 Å². The van der Waals surface area contributed by atoms with Gasteiger partial charge < -0.3 is 9.64 Å². The van der Waals surface area contributed by atoms with Crippen LogP contribution in [0.4, 0.5) is 5.82 Å². The summed E-state index contributed by atoms with van der Waals surface area (Å²) >= 11 is 5.56. The first kappa shape index (κ1) is 13.0. The molecule has 2 rings (SSSR count). The van der Waals surface area contributed by atoms with E-state index in [1.807, 2.05) is 10.6 Å². The summed E-state index contributed by atoms with van der Waals surface area (Å²) in [4.78, 5) is 6.48. The van der Waals surface area contributed by atoms with Crippen LogP contribution >= 0.6 is 11.6 Å². The maximum absolute atomic E-state index is 5.56. The Morgan fingerprint density at radius 3 is 3.11 bits per heavy atom. The lowest BCUT2D eigenvalue weighted by atomic mass is 10.4. The minimum atomic E-state index is 0.518. The summed E-state index contributed by atoms with van der Waals surface area (Å²) in [5.41, 5.74) is 0.761. The fraction of sp³-hybridized carbons (Fsp3) is 0.545. The van der Waals surface area contributed by atoms with Crippen molar-refractivity contribution in [3.05, 3.63) is 18.7 Å². The van der Waals surface area contributed by atoms with Crippen molar-refractivity contribution in [1.29, 1.82) is 0 Å². The second-order valence-electron chi connectivity index (χ2n) is 3.69. The van der Waals surface area contributed by atoms with Crippen molar-refractivity contribution in [2.45, 2.75) is 6.92 Å². The number of hydrogen-bond acceptors (Lipinski definition) is 5. The van der Waals surface area contributed by atoms with Crippen LogP contribution in [0.5, 0.6) is 0 Å². The van der Waals surface area contributed by atoms with Gasteiger partial charge in [0.25, 0.3) is 0 Å². The van der Waals surface area contributed by atoms with E-state index in [0.29, 0.717) is 19.1 Å². The summed E-state index contributed by atoms with van der Waals surface area (Å²) in [6, 6.07) is 0. The zero-order chi connectivity index (χ0) is 12.8. The van der Waals surface area contributed by atoms with Crippen molar-refractivity contribution >= 4 is 23.1 Å². The van der Waals surface area contributed by atoms with Gasteiger partial charge in [0.1, 0.15) is 6.33 Å². The molecule has 0 N–H and O–H groups in total. The van der Waals surface area contributed by atoms with E-state index in [1.165, 1.54) is 0 Å². The molecule has 0 spiro atoms. The first-order valence-corrected chi connectivity index (χ1v) is 6.43. The molecule has 2 heterocycles. The number of ether oxygens (including phenoxy) is 1. The van der Waals surface area contributed by atoms with Crippen LogP contribution in [0.2, 0.25) is 0 Å². The summed E-state index contributed by atoms with van der Waals surface area (Å²) in [7, 11) is 0. The van der Waals surface area contributed by atoms with Crippen LogP contribution in [0.1, 0.15) is 6.92 Å². The van der Waals surface area contributed by atoms with E-state index in [0.717, 1.165) is 24.6 Å². The zero-order valence-electron chi connectivity index (χ0n) is 10.3. The molecular formula is C11H16ClN5O. The van der Waals surface area contributed by atoms with Gasteiger partial charge >= 0.3 is 0 Å². The molecule has 0 fully saturated rings. The van der Waals surface area contributed by atoms with Gasteiger partial charge in [-0.25, -0.2) is 4.98 Å². The van der Waals surface area contributed by atoms with Gasteiger partial charge in [-0.1, -0.05) is 0 Å². The molecule has 0 aliphatic carbocycles. The van der Waals surface area contributed by atoms with Gasteiger partial charge in [0.15, 0.2) is 5.82 Å². The Kier molecular flexibility index (Phi) is 4.72. The third-order valence-corrected chi connectivity index (χ3v) is 2.76. The van der Waals surface area contributed by atoms with Crippen LogP contribution < -0.4 is 4.90 Å². The largest absolute Gasteiger partial charge is 0.378 e. The van der Waals surface area contributed by atoms with Crippen LogP contribution in [0, 0.1) is 0 Å². The molecule has 0 aromatic carbocycles. The predicted molar refractivity (Wildman–Crippen MR) is 70.2 cm³/mol. The highest BCUT2D eigenvalue weighted by Crippen LogP contribution is 2.15. The Bertz CT molecular complexity index is 489. The summed E-state index contributed by atoms with van der Waals surface area (Å²) in [6.45, 7) is 4.86. The topological polar surface area (TPSA) is 55.5 Å². The highest BCUT2D eigenvalue weighted by Gasteiger charge is 2.11. The Hall–Kier alpha value is -1.40. The number of hydrogen-bond donors (Lipinski definition) is 0. The Morgan fingerprint density at radius 2 is 2.33 bits per heavy atom. The molecule has 0 radical (unpaired) electrons. The molecule has 98 valence electrons. The maximum atomic E-state index is 5.56. The number of fused-ring (bicyclic) bond motifs is 1.